The number of nitrogens with one attached hydrogen (secondary N) is 1. The molecule has 2 saturated heterocycles. The number of rotatable bonds is 5. The van der Waals surface area contributed by atoms with Crippen LogP contribution in [0.3, 0.4) is 0 Å². The van der Waals surface area contributed by atoms with Gasteiger partial charge in [-0.05, 0) is 53.6 Å². The molecule has 0 aliphatic carbocycles. The summed E-state index contributed by atoms with van der Waals surface area (Å²) >= 11 is 2.23. The van der Waals surface area contributed by atoms with Crippen LogP contribution in [-0.2, 0) is 9.59 Å². The first-order valence-electron chi connectivity index (χ1n) is 8.88. The normalized spacial score (nSPS) is 19.2. The molecule has 1 aromatic carbocycles. The summed E-state index contributed by atoms with van der Waals surface area (Å²) in [5.74, 6) is 0.269. The standard InChI is InChI=1S/C18H25IN4O2/c19-15-4-3-5-16(12-15)20-17(24)13-21-8-10-22(11-9-21)14-18(25)23-6-1-2-7-23/h3-5,12H,1-2,6-11,13-14H2,(H,20,24). The van der Waals surface area contributed by atoms with Crippen molar-refractivity contribution in [2.45, 2.75) is 12.8 Å². The van der Waals surface area contributed by atoms with Crippen LogP contribution in [0.4, 0.5) is 5.69 Å². The van der Waals surface area contributed by atoms with Gasteiger partial charge in [-0.1, -0.05) is 6.07 Å². The molecule has 0 saturated carbocycles. The molecule has 2 aliphatic rings. The molecule has 0 radical (unpaired) electrons. The molecule has 0 bridgehead atoms. The van der Waals surface area contributed by atoms with Crippen molar-refractivity contribution >= 4 is 40.1 Å². The molecule has 1 N–H and O–H groups in total. The topological polar surface area (TPSA) is 55.9 Å². The number of anilines is 1. The summed E-state index contributed by atoms with van der Waals surface area (Å²) in [6.07, 6.45) is 2.27. The number of benzene rings is 1. The van der Waals surface area contributed by atoms with Crippen molar-refractivity contribution in [2.24, 2.45) is 0 Å². The summed E-state index contributed by atoms with van der Waals surface area (Å²) in [5, 5.41) is 2.95. The summed E-state index contributed by atoms with van der Waals surface area (Å²) in [5.41, 5.74) is 0.840. The molecule has 2 fully saturated rings. The van der Waals surface area contributed by atoms with E-state index in [0.29, 0.717) is 13.1 Å². The maximum Gasteiger partial charge on any atom is 0.238 e. The number of piperazine rings is 1. The Bertz CT molecular complexity index is 611. The Morgan fingerprint density at radius 1 is 0.960 bits per heavy atom. The van der Waals surface area contributed by atoms with Gasteiger partial charge in [0.2, 0.25) is 11.8 Å². The third-order valence-electron chi connectivity index (χ3n) is 4.76. The van der Waals surface area contributed by atoms with Crippen molar-refractivity contribution in [3.63, 3.8) is 0 Å². The van der Waals surface area contributed by atoms with Crippen molar-refractivity contribution < 1.29 is 9.59 Å². The van der Waals surface area contributed by atoms with Crippen LogP contribution in [0, 0.1) is 3.57 Å². The molecular weight excluding hydrogens is 431 g/mol. The zero-order valence-corrected chi connectivity index (χ0v) is 16.6. The van der Waals surface area contributed by atoms with Crippen LogP contribution in [0.1, 0.15) is 12.8 Å². The molecule has 0 spiro atoms. The first-order valence-corrected chi connectivity index (χ1v) is 9.96. The maximum absolute atomic E-state index is 12.2. The predicted molar refractivity (Wildman–Crippen MR) is 106 cm³/mol. The Morgan fingerprint density at radius 3 is 2.24 bits per heavy atom. The van der Waals surface area contributed by atoms with E-state index in [9.17, 15) is 9.59 Å². The molecule has 7 heteroatoms. The highest BCUT2D eigenvalue weighted by Crippen LogP contribution is 2.13. The quantitative estimate of drug-likeness (QED) is 0.683. The summed E-state index contributed by atoms with van der Waals surface area (Å²) in [4.78, 5) is 30.7. The predicted octanol–water partition coefficient (Wildman–Crippen LogP) is 1.47. The Labute approximate surface area is 162 Å². The number of likely N-dealkylation sites (tertiary alicyclic amines) is 1. The van der Waals surface area contributed by atoms with Gasteiger partial charge in [0.25, 0.3) is 0 Å². The maximum atomic E-state index is 12.2. The Morgan fingerprint density at radius 2 is 1.60 bits per heavy atom. The van der Waals surface area contributed by atoms with Crippen molar-refractivity contribution in [1.29, 1.82) is 0 Å². The second-order valence-corrected chi connectivity index (χ2v) is 7.94. The van der Waals surface area contributed by atoms with Crippen LogP contribution in [0.5, 0.6) is 0 Å². The number of nitrogens with zero attached hydrogens (tertiary/aromatic N) is 3. The minimum absolute atomic E-state index is 0.0172. The lowest BCUT2D eigenvalue weighted by Crippen LogP contribution is -2.51. The number of amides is 2. The van der Waals surface area contributed by atoms with Crippen LogP contribution in [0.2, 0.25) is 0 Å². The van der Waals surface area contributed by atoms with E-state index >= 15 is 0 Å². The molecule has 25 heavy (non-hydrogen) atoms. The fourth-order valence-electron chi connectivity index (χ4n) is 3.33. The van der Waals surface area contributed by atoms with Crippen LogP contribution in [0.25, 0.3) is 0 Å². The molecule has 3 rings (SSSR count). The van der Waals surface area contributed by atoms with Crippen molar-refractivity contribution in [3.05, 3.63) is 27.8 Å². The summed E-state index contributed by atoms with van der Waals surface area (Å²) in [6.45, 7) is 6.09. The molecule has 2 amide bonds. The fraction of sp³-hybridized carbons (Fsp3) is 0.556. The van der Waals surface area contributed by atoms with Gasteiger partial charge in [0.15, 0.2) is 0 Å². The number of hydrogen-bond donors (Lipinski definition) is 1. The van der Waals surface area contributed by atoms with E-state index in [1.807, 2.05) is 29.2 Å². The third-order valence-corrected chi connectivity index (χ3v) is 5.43. The molecule has 136 valence electrons. The zero-order chi connectivity index (χ0) is 17.6. The van der Waals surface area contributed by atoms with E-state index in [-0.39, 0.29) is 11.8 Å². The zero-order valence-electron chi connectivity index (χ0n) is 14.4. The van der Waals surface area contributed by atoms with E-state index in [0.717, 1.165) is 61.4 Å². The molecule has 2 heterocycles. The smallest absolute Gasteiger partial charge is 0.238 e. The van der Waals surface area contributed by atoms with E-state index < -0.39 is 0 Å². The Kier molecular flexibility index (Phi) is 6.66. The summed E-state index contributed by atoms with van der Waals surface area (Å²) < 4.78 is 1.10. The van der Waals surface area contributed by atoms with Gasteiger partial charge in [-0.3, -0.25) is 19.4 Å². The van der Waals surface area contributed by atoms with Crippen LogP contribution in [-0.4, -0.2) is 78.9 Å². The van der Waals surface area contributed by atoms with Crippen LogP contribution >= 0.6 is 22.6 Å². The first-order chi connectivity index (χ1) is 12.1. The molecule has 0 unspecified atom stereocenters. The van der Waals surface area contributed by atoms with Crippen LogP contribution < -0.4 is 5.32 Å². The molecule has 6 nitrogen and oxygen atoms in total. The lowest BCUT2D eigenvalue weighted by Gasteiger charge is -2.34. The van der Waals surface area contributed by atoms with Gasteiger partial charge in [-0.15, -0.1) is 0 Å². The number of hydrogen-bond acceptors (Lipinski definition) is 4. The second kappa shape index (κ2) is 8.95. The van der Waals surface area contributed by atoms with Gasteiger partial charge in [-0.2, -0.15) is 0 Å². The van der Waals surface area contributed by atoms with Gasteiger partial charge in [0.05, 0.1) is 13.1 Å². The number of carbonyl (C=O) groups is 2. The van der Waals surface area contributed by atoms with Crippen LogP contribution in [0.15, 0.2) is 24.3 Å². The van der Waals surface area contributed by atoms with Gasteiger partial charge in [0.1, 0.15) is 0 Å². The lowest BCUT2D eigenvalue weighted by atomic mass is 10.3. The SMILES string of the molecule is O=C(CN1CCN(CC(=O)N2CCCC2)CC1)Nc1cccc(I)c1. The minimum atomic E-state index is 0.0172. The highest BCUT2D eigenvalue weighted by molar-refractivity contribution is 14.1. The second-order valence-electron chi connectivity index (χ2n) is 6.70. The van der Waals surface area contributed by atoms with Gasteiger partial charge >= 0.3 is 0 Å². The van der Waals surface area contributed by atoms with Gasteiger partial charge in [0, 0.05) is 48.5 Å². The molecule has 0 aromatic heterocycles. The average Bonchev–Trinajstić information content (AvgIpc) is 3.11. The van der Waals surface area contributed by atoms with E-state index in [1.165, 1.54) is 0 Å². The first kappa shape index (κ1) is 18.6. The van der Waals surface area contributed by atoms with Crippen molar-refractivity contribution in [2.75, 3.05) is 57.7 Å². The average molecular weight is 456 g/mol. The number of carbonyl (C=O) groups excluding carboxylic acids is 2. The molecular formula is C18H25IN4O2. The van der Waals surface area contributed by atoms with Crippen molar-refractivity contribution in [3.8, 4) is 0 Å². The molecule has 0 atom stereocenters. The van der Waals surface area contributed by atoms with E-state index in [4.69, 9.17) is 0 Å². The summed E-state index contributed by atoms with van der Waals surface area (Å²) in [6, 6.07) is 7.80. The highest BCUT2D eigenvalue weighted by Gasteiger charge is 2.24. The fourth-order valence-corrected chi connectivity index (χ4v) is 3.88. The minimum Gasteiger partial charge on any atom is -0.342 e. The molecule has 2 aliphatic heterocycles. The van der Waals surface area contributed by atoms with Gasteiger partial charge in [-0.25, -0.2) is 0 Å². The monoisotopic (exact) mass is 456 g/mol. The van der Waals surface area contributed by atoms with Crippen molar-refractivity contribution in [1.82, 2.24) is 14.7 Å². The largest absolute Gasteiger partial charge is 0.342 e. The number of halogens is 1. The van der Waals surface area contributed by atoms with Gasteiger partial charge < -0.3 is 10.2 Å². The van der Waals surface area contributed by atoms with E-state index in [1.54, 1.807) is 0 Å². The molecule has 1 aromatic rings. The lowest BCUT2D eigenvalue weighted by molar-refractivity contribution is -0.132. The Hall–Kier alpha value is -1.19. The highest BCUT2D eigenvalue weighted by atomic mass is 127. The van der Waals surface area contributed by atoms with E-state index in [2.05, 4.69) is 37.7 Å². The Balaban J connectivity index is 1.38. The third kappa shape index (κ3) is 5.65. The summed E-state index contributed by atoms with van der Waals surface area (Å²) in [7, 11) is 0.